The van der Waals surface area contributed by atoms with E-state index in [1.807, 2.05) is 6.07 Å². The zero-order chi connectivity index (χ0) is 19.4. The predicted molar refractivity (Wildman–Crippen MR) is 90.1 cm³/mol. The summed E-state index contributed by atoms with van der Waals surface area (Å²) < 4.78 is 59.2. The number of nitriles is 1. The van der Waals surface area contributed by atoms with Gasteiger partial charge in [0.15, 0.2) is 11.6 Å². The van der Waals surface area contributed by atoms with E-state index in [0.29, 0.717) is 31.7 Å². The fourth-order valence-electron chi connectivity index (χ4n) is 2.88. The average molecular weight is 394 g/mol. The molecule has 10 heteroatoms. The molecule has 1 N–H and O–H groups in total. The molecule has 0 saturated heterocycles. The molecule has 1 aliphatic carbocycles. The van der Waals surface area contributed by atoms with Crippen LogP contribution in [0.4, 0.5) is 8.78 Å². The number of ether oxygens (including phenoxy) is 1. The van der Waals surface area contributed by atoms with Crippen molar-refractivity contribution in [3.8, 4) is 11.9 Å². The molecule has 0 aliphatic heterocycles. The van der Waals surface area contributed by atoms with Gasteiger partial charge in [0, 0.05) is 18.4 Å². The van der Waals surface area contributed by atoms with E-state index in [9.17, 15) is 17.2 Å². The Morgan fingerprint density at radius 2 is 1.81 bits per heavy atom. The van der Waals surface area contributed by atoms with Crippen LogP contribution in [0.15, 0.2) is 35.5 Å². The fraction of sp³-hybridized carbons (Fsp3) is 0.353. The molecule has 0 unspecified atom stereocenters. The van der Waals surface area contributed by atoms with Gasteiger partial charge in [-0.3, -0.25) is 0 Å². The summed E-state index contributed by atoms with van der Waals surface area (Å²) >= 11 is 0. The average Bonchev–Trinajstić information content (AvgIpc) is 2.65. The van der Waals surface area contributed by atoms with Gasteiger partial charge in [0.1, 0.15) is 12.2 Å². The van der Waals surface area contributed by atoms with Gasteiger partial charge in [0.25, 0.3) is 5.88 Å². The molecule has 1 aromatic carbocycles. The molecule has 1 aliphatic rings. The standard InChI is InChI=1S/C17H16F2N4O3S/c18-14-6-5-13(9-15(14)19)27(24,25)23-11-1-3-12(4-2-11)26-17-16(10-20)21-7-8-22-17/h5-9,11-12,23H,1-4H2. The zero-order valence-corrected chi connectivity index (χ0v) is 14.9. The lowest BCUT2D eigenvalue weighted by Crippen LogP contribution is -2.39. The Kier molecular flexibility index (Phi) is 5.62. The van der Waals surface area contributed by atoms with Crippen molar-refractivity contribution in [2.45, 2.75) is 42.7 Å². The second-order valence-corrected chi connectivity index (χ2v) is 7.82. The van der Waals surface area contributed by atoms with Crippen LogP contribution in [0.1, 0.15) is 31.4 Å². The molecular weight excluding hydrogens is 378 g/mol. The number of hydrogen-bond acceptors (Lipinski definition) is 6. The van der Waals surface area contributed by atoms with Crippen LogP contribution in [0.3, 0.4) is 0 Å². The summed E-state index contributed by atoms with van der Waals surface area (Å²) in [5, 5.41) is 9.00. The van der Waals surface area contributed by atoms with Gasteiger partial charge in [-0.2, -0.15) is 5.26 Å². The lowest BCUT2D eigenvalue weighted by molar-refractivity contribution is 0.137. The summed E-state index contributed by atoms with van der Waals surface area (Å²) in [5.41, 5.74) is 0.0960. The van der Waals surface area contributed by atoms with E-state index in [0.717, 1.165) is 12.1 Å². The quantitative estimate of drug-likeness (QED) is 0.834. The Labute approximate surface area is 155 Å². The van der Waals surface area contributed by atoms with Gasteiger partial charge in [0.2, 0.25) is 15.7 Å². The summed E-state index contributed by atoms with van der Waals surface area (Å²) in [4.78, 5) is 7.55. The number of benzene rings is 1. The summed E-state index contributed by atoms with van der Waals surface area (Å²) in [7, 11) is -3.95. The highest BCUT2D eigenvalue weighted by Gasteiger charge is 2.28. The zero-order valence-electron chi connectivity index (χ0n) is 14.1. The van der Waals surface area contributed by atoms with Crippen LogP contribution in [0, 0.1) is 23.0 Å². The summed E-state index contributed by atoms with van der Waals surface area (Å²) in [6.07, 6.45) is 4.70. The number of sulfonamides is 1. The van der Waals surface area contributed by atoms with Gasteiger partial charge in [-0.15, -0.1) is 0 Å². The molecular formula is C17H16F2N4O3S. The molecule has 1 aromatic heterocycles. The maximum atomic E-state index is 13.3. The summed E-state index contributed by atoms with van der Waals surface area (Å²) in [5.74, 6) is -2.16. The molecule has 7 nitrogen and oxygen atoms in total. The van der Waals surface area contributed by atoms with E-state index < -0.39 is 21.7 Å². The molecule has 1 fully saturated rings. The fourth-order valence-corrected chi connectivity index (χ4v) is 4.19. The third-order valence-corrected chi connectivity index (χ3v) is 5.76. The van der Waals surface area contributed by atoms with E-state index in [2.05, 4.69) is 14.7 Å². The van der Waals surface area contributed by atoms with Crippen molar-refractivity contribution in [1.29, 1.82) is 5.26 Å². The van der Waals surface area contributed by atoms with Crippen molar-refractivity contribution >= 4 is 10.0 Å². The van der Waals surface area contributed by atoms with E-state index in [4.69, 9.17) is 10.00 Å². The Balaban J connectivity index is 1.59. The van der Waals surface area contributed by atoms with Gasteiger partial charge in [-0.1, -0.05) is 0 Å². The number of aromatic nitrogens is 2. The first-order valence-electron chi connectivity index (χ1n) is 8.24. The highest BCUT2D eigenvalue weighted by atomic mass is 32.2. The molecule has 0 spiro atoms. The minimum atomic E-state index is -3.95. The van der Waals surface area contributed by atoms with Crippen molar-refractivity contribution in [3.05, 3.63) is 47.9 Å². The van der Waals surface area contributed by atoms with E-state index in [1.165, 1.54) is 12.4 Å². The maximum Gasteiger partial charge on any atom is 0.251 e. The molecule has 3 rings (SSSR count). The van der Waals surface area contributed by atoms with Gasteiger partial charge < -0.3 is 4.74 Å². The second-order valence-electron chi connectivity index (χ2n) is 6.11. The summed E-state index contributed by atoms with van der Waals surface area (Å²) in [6, 6.07) is 4.01. The number of nitrogens with one attached hydrogen (secondary N) is 1. The third-order valence-electron chi connectivity index (χ3n) is 4.25. The van der Waals surface area contributed by atoms with Gasteiger partial charge in [-0.05, 0) is 43.9 Å². The van der Waals surface area contributed by atoms with Crippen molar-refractivity contribution < 1.29 is 21.9 Å². The van der Waals surface area contributed by atoms with Crippen LogP contribution in [0.5, 0.6) is 5.88 Å². The van der Waals surface area contributed by atoms with E-state index in [1.54, 1.807) is 0 Å². The molecule has 0 bridgehead atoms. The topological polar surface area (TPSA) is 105 Å². The first kappa shape index (κ1) is 19.1. The third kappa shape index (κ3) is 4.56. The van der Waals surface area contributed by atoms with Crippen LogP contribution in [0.25, 0.3) is 0 Å². The lowest BCUT2D eigenvalue weighted by atomic mass is 9.94. The molecule has 0 radical (unpaired) electrons. The molecule has 1 saturated carbocycles. The largest absolute Gasteiger partial charge is 0.472 e. The van der Waals surface area contributed by atoms with Crippen molar-refractivity contribution in [1.82, 2.24) is 14.7 Å². The SMILES string of the molecule is N#Cc1nccnc1OC1CCC(NS(=O)(=O)c2ccc(F)c(F)c2)CC1. The number of halogens is 2. The van der Waals surface area contributed by atoms with Crippen LogP contribution in [-0.4, -0.2) is 30.5 Å². The van der Waals surface area contributed by atoms with Gasteiger partial charge in [-0.25, -0.2) is 31.9 Å². The monoisotopic (exact) mass is 394 g/mol. The normalized spacial score (nSPS) is 20.0. The van der Waals surface area contributed by atoms with Crippen LogP contribution in [-0.2, 0) is 10.0 Å². The molecule has 0 amide bonds. The van der Waals surface area contributed by atoms with Crippen molar-refractivity contribution in [3.63, 3.8) is 0 Å². The molecule has 27 heavy (non-hydrogen) atoms. The smallest absolute Gasteiger partial charge is 0.251 e. The summed E-state index contributed by atoms with van der Waals surface area (Å²) in [6.45, 7) is 0. The van der Waals surface area contributed by atoms with Gasteiger partial charge >= 0.3 is 0 Å². The minimum Gasteiger partial charge on any atom is -0.472 e. The van der Waals surface area contributed by atoms with Crippen LogP contribution >= 0.6 is 0 Å². The highest BCUT2D eigenvalue weighted by Crippen LogP contribution is 2.25. The molecule has 0 atom stereocenters. The molecule has 2 aromatic rings. The predicted octanol–water partition coefficient (Wildman–Crippen LogP) is 2.29. The highest BCUT2D eigenvalue weighted by molar-refractivity contribution is 7.89. The molecule has 142 valence electrons. The Morgan fingerprint density at radius 3 is 2.48 bits per heavy atom. The second kappa shape index (κ2) is 7.94. The van der Waals surface area contributed by atoms with Crippen LogP contribution in [0.2, 0.25) is 0 Å². The van der Waals surface area contributed by atoms with E-state index >= 15 is 0 Å². The van der Waals surface area contributed by atoms with Crippen molar-refractivity contribution in [2.24, 2.45) is 0 Å². The lowest BCUT2D eigenvalue weighted by Gasteiger charge is -2.29. The first-order chi connectivity index (χ1) is 12.9. The Bertz CT molecular complexity index is 970. The molecule has 1 heterocycles. The minimum absolute atomic E-state index is 0.0960. The number of nitrogens with zero attached hydrogens (tertiary/aromatic N) is 3. The van der Waals surface area contributed by atoms with Crippen LogP contribution < -0.4 is 9.46 Å². The number of hydrogen-bond donors (Lipinski definition) is 1. The Hall–Kier alpha value is -2.64. The number of rotatable bonds is 5. The maximum absolute atomic E-state index is 13.3. The first-order valence-corrected chi connectivity index (χ1v) is 9.72. The van der Waals surface area contributed by atoms with E-state index in [-0.39, 0.29) is 28.6 Å². The Morgan fingerprint density at radius 1 is 1.11 bits per heavy atom. The van der Waals surface area contributed by atoms with Crippen molar-refractivity contribution in [2.75, 3.05) is 0 Å². The van der Waals surface area contributed by atoms with Gasteiger partial charge in [0.05, 0.1) is 4.90 Å².